The van der Waals surface area contributed by atoms with Gasteiger partial charge in [-0.25, -0.2) is 4.39 Å². The molecule has 27 heavy (non-hydrogen) atoms. The van der Waals surface area contributed by atoms with Crippen molar-refractivity contribution < 1.29 is 9.18 Å². The van der Waals surface area contributed by atoms with Crippen LogP contribution in [0, 0.1) is 5.82 Å². The number of allylic oxidation sites excluding steroid dienone is 1. The van der Waals surface area contributed by atoms with Gasteiger partial charge in [-0.15, -0.1) is 0 Å². The van der Waals surface area contributed by atoms with Gasteiger partial charge in [0.15, 0.2) is 0 Å². The molecule has 0 saturated carbocycles. The van der Waals surface area contributed by atoms with Gasteiger partial charge in [0.25, 0.3) is 0 Å². The first-order chi connectivity index (χ1) is 13.2. The van der Waals surface area contributed by atoms with E-state index in [1.54, 1.807) is 6.07 Å². The molecule has 2 rings (SSSR count). The van der Waals surface area contributed by atoms with Crippen molar-refractivity contribution in [1.29, 1.82) is 0 Å². The van der Waals surface area contributed by atoms with Crippen molar-refractivity contribution in [1.82, 2.24) is 4.90 Å². The van der Waals surface area contributed by atoms with E-state index in [0.717, 1.165) is 50.0 Å². The maximum Gasteiger partial charge on any atom is 0.223 e. The Balaban J connectivity index is 1.82. The number of hydrogen-bond acceptors (Lipinski definition) is 2. The molecule has 1 amide bonds. The van der Waals surface area contributed by atoms with E-state index >= 15 is 0 Å². The molecule has 0 aliphatic carbocycles. The number of amides is 1. The summed E-state index contributed by atoms with van der Waals surface area (Å²) in [5, 5.41) is 0. The van der Waals surface area contributed by atoms with Crippen LogP contribution in [0.1, 0.15) is 63.5 Å². The molecule has 150 valence electrons. The lowest BCUT2D eigenvalue weighted by Crippen LogP contribution is -2.43. The molecule has 1 aliphatic rings. The first kappa shape index (κ1) is 22.0. The summed E-state index contributed by atoms with van der Waals surface area (Å²) in [4.78, 5) is 14.4. The topological polar surface area (TPSA) is 20.3 Å². The van der Waals surface area contributed by atoms with Crippen molar-refractivity contribution in [3.8, 4) is 0 Å². The summed E-state index contributed by atoms with van der Waals surface area (Å²) in [6.45, 7) is 5.06. The molecule has 0 spiro atoms. The summed E-state index contributed by atoms with van der Waals surface area (Å²) in [7, 11) is 0. The maximum atomic E-state index is 13.6. The van der Waals surface area contributed by atoms with Gasteiger partial charge in [-0.2, -0.15) is 11.8 Å². The van der Waals surface area contributed by atoms with Crippen LogP contribution >= 0.6 is 11.8 Å². The minimum Gasteiger partial charge on any atom is -0.335 e. The van der Waals surface area contributed by atoms with Crippen LogP contribution in [-0.2, 0) is 17.6 Å². The molecular formula is C23H34FNOS. The second-order valence-electron chi connectivity index (χ2n) is 7.26. The zero-order valence-corrected chi connectivity index (χ0v) is 17.7. The van der Waals surface area contributed by atoms with Crippen LogP contribution in [0.15, 0.2) is 30.4 Å². The van der Waals surface area contributed by atoms with Gasteiger partial charge in [0.2, 0.25) is 5.91 Å². The third kappa shape index (κ3) is 7.33. The second kappa shape index (κ2) is 12.2. The zero-order valence-electron chi connectivity index (χ0n) is 16.9. The summed E-state index contributed by atoms with van der Waals surface area (Å²) in [5.41, 5.74) is 1.97. The molecule has 0 radical (unpaired) electrons. The summed E-state index contributed by atoms with van der Waals surface area (Å²) in [6.07, 6.45) is 12.2. The van der Waals surface area contributed by atoms with E-state index in [1.165, 1.54) is 24.2 Å². The Bertz CT molecular complexity index is 616. The number of rotatable bonds is 11. The Morgan fingerprint density at radius 1 is 1.30 bits per heavy atom. The minimum atomic E-state index is -0.107. The smallest absolute Gasteiger partial charge is 0.223 e. The monoisotopic (exact) mass is 391 g/mol. The Labute approximate surface area is 168 Å². The fourth-order valence-corrected chi connectivity index (χ4v) is 4.53. The van der Waals surface area contributed by atoms with E-state index in [0.29, 0.717) is 12.3 Å². The zero-order chi connectivity index (χ0) is 19.5. The van der Waals surface area contributed by atoms with Gasteiger partial charge in [0.05, 0.1) is 0 Å². The summed E-state index contributed by atoms with van der Waals surface area (Å²) < 4.78 is 13.6. The molecule has 0 bridgehead atoms. The van der Waals surface area contributed by atoms with Crippen LogP contribution in [0.3, 0.4) is 0 Å². The summed E-state index contributed by atoms with van der Waals surface area (Å²) in [6, 6.07) is 5.69. The molecule has 1 aliphatic heterocycles. The first-order valence-corrected chi connectivity index (χ1v) is 11.6. The van der Waals surface area contributed by atoms with Crippen molar-refractivity contribution in [2.24, 2.45) is 0 Å². The first-order valence-electron chi connectivity index (χ1n) is 10.5. The number of benzene rings is 1. The molecule has 0 N–H and O–H groups in total. The Morgan fingerprint density at radius 2 is 2.15 bits per heavy atom. The van der Waals surface area contributed by atoms with Crippen molar-refractivity contribution >= 4 is 17.7 Å². The molecule has 1 aromatic carbocycles. The number of carbonyl (C=O) groups excluding carboxylic acids is 1. The SMILES string of the molecule is CCCCSCCN1C(=O)CCCC1/C=C/CCc1ccc(F)c(CC)c1. The van der Waals surface area contributed by atoms with Crippen LogP contribution in [-0.4, -0.2) is 34.9 Å². The normalized spacial score (nSPS) is 17.8. The van der Waals surface area contributed by atoms with Crippen LogP contribution < -0.4 is 0 Å². The van der Waals surface area contributed by atoms with Crippen molar-refractivity contribution in [2.45, 2.75) is 71.3 Å². The average molecular weight is 392 g/mol. The van der Waals surface area contributed by atoms with Crippen molar-refractivity contribution in [2.75, 3.05) is 18.1 Å². The van der Waals surface area contributed by atoms with E-state index < -0.39 is 0 Å². The standard InChI is InChI=1S/C23H34FNOS/c1-3-5-16-27-17-15-25-21(11-8-12-23(25)26)10-7-6-9-19-13-14-22(24)20(4-2)18-19/h7,10,13-14,18,21H,3-6,8-9,11-12,15-17H2,1-2H3/b10-7+. The number of thioether (sulfide) groups is 1. The lowest BCUT2D eigenvalue weighted by atomic mass is 10.00. The average Bonchev–Trinajstić information content (AvgIpc) is 2.67. The molecule has 1 aromatic rings. The van der Waals surface area contributed by atoms with Gasteiger partial charge < -0.3 is 4.90 Å². The number of carbonyl (C=O) groups is 1. The van der Waals surface area contributed by atoms with Crippen LogP contribution in [0.25, 0.3) is 0 Å². The Kier molecular flexibility index (Phi) is 9.96. The van der Waals surface area contributed by atoms with E-state index in [-0.39, 0.29) is 11.9 Å². The fraction of sp³-hybridized carbons (Fsp3) is 0.609. The van der Waals surface area contributed by atoms with E-state index in [2.05, 4.69) is 24.0 Å². The minimum absolute atomic E-state index is 0.107. The van der Waals surface area contributed by atoms with Gasteiger partial charge in [-0.05, 0) is 61.5 Å². The highest BCUT2D eigenvalue weighted by Crippen LogP contribution is 2.21. The van der Waals surface area contributed by atoms with Gasteiger partial charge in [-0.1, -0.05) is 44.6 Å². The molecule has 1 atom stereocenters. The van der Waals surface area contributed by atoms with Gasteiger partial charge in [-0.3, -0.25) is 4.79 Å². The third-order valence-electron chi connectivity index (χ3n) is 5.18. The Morgan fingerprint density at radius 3 is 2.93 bits per heavy atom. The molecule has 4 heteroatoms. The fourth-order valence-electron chi connectivity index (χ4n) is 3.51. The van der Waals surface area contributed by atoms with E-state index in [4.69, 9.17) is 0 Å². The van der Waals surface area contributed by atoms with Crippen molar-refractivity contribution in [3.63, 3.8) is 0 Å². The number of likely N-dealkylation sites (tertiary alicyclic amines) is 1. The lowest BCUT2D eigenvalue weighted by molar-refractivity contribution is -0.134. The number of nitrogens with zero attached hydrogens (tertiary/aromatic N) is 1. The number of hydrogen-bond donors (Lipinski definition) is 0. The Hall–Kier alpha value is -1.29. The molecule has 1 heterocycles. The molecular weight excluding hydrogens is 357 g/mol. The van der Waals surface area contributed by atoms with Gasteiger partial charge >= 0.3 is 0 Å². The predicted molar refractivity (Wildman–Crippen MR) is 115 cm³/mol. The van der Waals surface area contributed by atoms with Crippen LogP contribution in [0.4, 0.5) is 4.39 Å². The van der Waals surface area contributed by atoms with Gasteiger partial charge in [0, 0.05) is 24.8 Å². The van der Waals surface area contributed by atoms with Crippen LogP contribution in [0.2, 0.25) is 0 Å². The highest BCUT2D eigenvalue weighted by Gasteiger charge is 2.25. The third-order valence-corrected chi connectivity index (χ3v) is 6.23. The number of piperidine rings is 1. The number of aryl methyl sites for hydroxylation is 2. The predicted octanol–water partition coefficient (Wildman–Crippen LogP) is 5.79. The highest BCUT2D eigenvalue weighted by molar-refractivity contribution is 7.99. The quantitative estimate of drug-likeness (QED) is 0.351. The molecule has 1 fully saturated rings. The van der Waals surface area contributed by atoms with E-state index in [9.17, 15) is 9.18 Å². The summed E-state index contributed by atoms with van der Waals surface area (Å²) >= 11 is 1.96. The number of halogens is 1. The molecule has 1 unspecified atom stereocenters. The highest BCUT2D eigenvalue weighted by atomic mass is 32.2. The van der Waals surface area contributed by atoms with Gasteiger partial charge in [0.1, 0.15) is 5.82 Å². The number of unbranched alkanes of at least 4 members (excludes halogenated alkanes) is 1. The van der Waals surface area contributed by atoms with E-state index in [1.807, 2.05) is 30.8 Å². The lowest BCUT2D eigenvalue weighted by Gasteiger charge is -2.34. The molecule has 2 nitrogen and oxygen atoms in total. The maximum absolute atomic E-state index is 13.6. The largest absolute Gasteiger partial charge is 0.335 e. The van der Waals surface area contributed by atoms with Crippen molar-refractivity contribution in [3.05, 3.63) is 47.3 Å². The molecule has 0 aromatic heterocycles. The van der Waals surface area contributed by atoms with Crippen LogP contribution in [0.5, 0.6) is 0 Å². The molecule has 1 saturated heterocycles. The summed E-state index contributed by atoms with van der Waals surface area (Å²) in [5.74, 6) is 2.42. The second-order valence-corrected chi connectivity index (χ2v) is 8.48.